The van der Waals surface area contributed by atoms with Crippen LogP contribution in [0.2, 0.25) is 0 Å². The van der Waals surface area contributed by atoms with Crippen LogP contribution in [-0.2, 0) is 9.84 Å². The molecule has 0 fully saturated rings. The van der Waals surface area contributed by atoms with Gasteiger partial charge in [0.05, 0.1) is 10.6 Å². The fourth-order valence-electron chi connectivity index (χ4n) is 2.15. The first-order valence-electron chi connectivity index (χ1n) is 6.40. The Bertz CT molecular complexity index is 820. The predicted octanol–water partition coefficient (Wildman–Crippen LogP) is 2.94. The molecule has 0 atom stereocenters. The van der Waals surface area contributed by atoms with Gasteiger partial charge in [0, 0.05) is 36.9 Å². The summed E-state index contributed by atoms with van der Waals surface area (Å²) < 4.78 is 24.2. The van der Waals surface area contributed by atoms with E-state index in [9.17, 15) is 13.2 Å². The summed E-state index contributed by atoms with van der Waals surface area (Å²) in [6.45, 7) is 1.71. The van der Waals surface area contributed by atoms with Crippen molar-refractivity contribution in [1.82, 2.24) is 4.98 Å². The minimum absolute atomic E-state index is 0.0569. The summed E-state index contributed by atoms with van der Waals surface area (Å²) in [4.78, 5) is 17.2. The lowest BCUT2D eigenvalue weighted by Crippen LogP contribution is -2.15. The minimum Gasteiger partial charge on any atom is -0.343 e. The van der Waals surface area contributed by atoms with Gasteiger partial charge in [-0.2, -0.15) is 0 Å². The molecule has 0 N–H and O–H groups in total. The fourth-order valence-corrected chi connectivity index (χ4v) is 3.26. The third-order valence-corrected chi connectivity index (χ3v) is 4.66. The van der Waals surface area contributed by atoms with Crippen molar-refractivity contribution in [3.8, 4) is 0 Å². The van der Waals surface area contributed by atoms with Gasteiger partial charge in [-0.15, -0.1) is 0 Å². The second-order valence-corrected chi connectivity index (χ2v) is 7.27. The van der Waals surface area contributed by atoms with Crippen molar-refractivity contribution in [2.75, 3.05) is 18.2 Å². The van der Waals surface area contributed by atoms with Gasteiger partial charge in [0.25, 0.3) is 5.24 Å². The molecule has 0 unspecified atom stereocenters. The highest BCUT2D eigenvalue weighted by atomic mass is 35.5. The topological polar surface area (TPSA) is 67.3 Å². The summed E-state index contributed by atoms with van der Waals surface area (Å²) in [6.07, 6.45) is 4.34. The van der Waals surface area contributed by atoms with Gasteiger partial charge in [-0.3, -0.25) is 9.78 Å². The van der Waals surface area contributed by atoms with Crippen molar-refractivity contribution in [3.63, 3.8) is 0 Å². The van der Waals surface area contributed by atoms with Crippen LogP contribution in [0.3, 0.4) is 0 Å². The fraction of sp³-hybridized carbons (Fsp3) is 0.200. The Morgan fingerprint density at radius 3 is 2.32 bits per heavy atom. The summed E-state index contributed by atoms with van der Waals surface area (Å²) in [5, 5.41) is -0.680. The molecule has 0 aliphatic carbocycles. The second-order valence-electron chi connectivity index (χ2n) is 4.95. The van der Waals surface area contributed by atoms with E-state index >= 15 is 0 Å². The number of halogens is 1. The zero-order chi connectivity index (χ0) is 16.5. The number of benzene rings is 1. The van der Waals surface area contributed by atoms with Gasteiger partial charge >= 0.3 is 0 Å². The molecule has 1 heterocycles. The third kappa shape index (κ3) is 3.28. The van der Waals surface area contributed by atoms with E-state index in [1.165, 1.54) is 6.07 Å². The molecule has 0 saturated heterocycles. The van der Waals surface area contributed by atoms with Crippen LogP contribution in [0, 0.1) is 6.92 Å². The Morgan fingerprint density at radius 2 is 1.82 bits per heavy atom. The van der Waals surface area contributed by atoms with Crippen LogP contribution in [-0.4, -0.2) is 31.9 Å². The number of carbonyl (C=O) groups is 1. The van der Waals surface area contributed by atoms with Crippen molar-refractivity contribution >= 4 is 38.1 Å². The van der Waals surface area contributed by atoms with Crippen LogP contribution in [0.4, 0.5) is 11.4 Å². The number of aryl methyl sites for hydroxylation is 1. The zero-order valence-electron chi connectivity index (χ0n) is 12.4. The van der Waals surface area contributed by atoms with Gasteiger partial charge in [0.15, 0.2) is 9.84 Å². The number of aromatic nitrogens is 1. The van der Waals surface area contributed by atoms with Gasteiger partial charge < -0.3 is 4.90 Å². The molecular formula is C15H15ClN2O3S. The Morgan fingerprint density at radius 1 is 1.23 bits per heavy atom. The smallest absolute Gasteiger partial charge is 0.252 e. The quantitative estimate of drug-likeness (QED) is 0.802. The van der Waals surface area contributed by atoms with Crippen molar-refractivity contribution < 1.29 is 13.2 Å². The summed E-state index contributed by atoms with van der Waals surface area (Å²) in [6, 6.07) is 6.50. The molecule has 0 saturated carbocycles. The van der Waals surface area contributed by atoms with E-state index in [4.69, 9.17) is 11.6 Å². The van der Waals surface area contributed by atoms with E-state index in [2.05, 4.69) is 4.98 Å². The van der Waals surface area contributed by atoms with Gasteiger partial charge in [-0.25, -0.2) is 8.42 Å². The summed E-state index contributed by atoms with van der Waals surface area (Å²) in [5.41, 5.74) is 2.06. The number of sulfone groups is 1. The molecule has 2 aromatic rings. The molecule has 1 aromatic carbocycles. The third-order valence-electron chi connectivity index (χ3n) is 3.33. The van der Waals surface area contributed by atoms with E-state index in [0.717, 1.165) is 11.9 Å². The SMILES string of the molecule is Cc1cc(N(C)c2ccncc2)c(S(C)(=O)=O)cc1C(=O)Cl. The van der Waals surface area contributed by atoms with Crippen LogP contribution >= 0.6 is 11.6 Å². The average Bonchev–Trinajstić information content (AvgIpc) is 2.45. The van der Waals surface area contributed by atoms with Crippen molar-refractivity contribution in [1.29, 1.82) is 0 Å². The number of carbonyl (C=O) groups excluding carboxylic acids is 1. The Balaban J connectivity index is 2.70. The Hall–Kier alpha value is -1.92. The lowest BCUT2D eigenvalue weighted by Gasteiger charge is -2.23. The number of hydrogen-bond acceptors (Lipinski definition) is 5. The Kier molecular flexibility index (Phi) is 4.53. The molecule has 0 bridgehead atoms. The molecule has 22 heavy (non-hydrogen) atoms. The van der Waals surface area contributed by atoms with Crippen molar-refractivity contribution in [2.24, 2.45) is 0 Å². The molecular weight excluding hydrogens is 324 g/mol. The highest BCUT2D eigenvalue weighted by Crippen LogP contribution is 2.33. The summed E-state index contributed by atoms with van der Waals surface area (Å²) >= 11 is 5.52. The molecule has 5 nitrogen and oxygen atoms in total. The molecule has 0 amide bonds. The number of anilines is 2. The van der Waals surface area contributed by atoms with Crippen molar-refractivity contribution in [2.45, 2.75) is 11.8 Å². The van der Waals surface area contributed by atoms with E-state index in [0.29, 0.717) is 11.3 Å². The van der Waals surface area contributed by atoms with Crippen LogP contribution in [0.5, 0.6) is 0 Å². The Labute approximate surface area is 134 Å². The standard InChI is InChI=1S/C15H15ClN2O3S/c1-10-8-13(18(2)11-4-6-17-7-5-11)14(22(3,20)21)9-12(10)15(16)19/h4-9H,1-3H3. The van der Waals surface area contributed by atoms with Gasteiger partial charge in [-0.05, 0) is 48.4 Å². The van der Waals surface area contributed by atoms with Crippen LogP contribution in [0.25, 0.3) is 0 Å². The molecule has 7 heteroatoms. The summed E-state index contributed by atoms with van der Waals surface area (Å²) in [7, 11) is -1.78. The maximum absolute atomic E-state index is 12.1. The molecule has 0 radical (unpaired) electrons. The number of nitrogens with zero attached hydrogens (tertiary/aromatic N) is 2. The minimum atomic E-state index is -3.53. The molecule has 2 rings (SSSR count). The molecule has 0 aliphatic rings. The van der Waals surface area contributed by atoms with Gasteiger partial charge in [0.1, 0.15) is 0 Å². The normalized spacial score (nSPS) is 11.3. The molecule has 1 aromatic heterocycles. The highest BCUT2D eigenvalue weighted by molar-refractivity contribution is 7.90. The van der Waals surface area contributed by atoms with Crippen LogP contribution in [0.15, 0.2) is 41.6 Å². The predicted molar refractivity (Wildman–Crippen MR) is 86.8 cm³/mol. The van der Waals surface area contributed by atoms with Crippen molar-refractivity contribution in [3.05, 3.63) is 47.8 Å². The van der Waals surface area contributed by atoms with Crippen LogP contribution in [0.1, 0.15) is 15.9 Å². The first-order chi connectivity index (χ1) is 10.2. The first kappa shape index (κ1) is 16.5. The molecule has 0 spiro atoms. The molecule has 0 aliphatic heterocycles. The number of pyridine rings is 1. The highest BCUT2D eigenvalue weighted by Gasteiger charge is 2.21. The van der Waals surface area contributed by atoms with Crippen LogP contribution < -0.4 is 4.90 Å². The zero-order valence-corrected chi connectivity index (χ0v) is 13.9. The maximum Gasteiger partial charge on any atom is 0.252 e. The molecule has 116 valence electrons. The monoisotopic (exact) mass is 338 g/mol. The number of rotatable bonds is 4. The van der Waals surface area contributed by atoms with E-state index in [-0.39, 0.29) is 10.5 Å². The lowest BCUT2D eigenvalue weighted by atomic mass is 10.1. The summed E-state index contributed by atoms with van der Waals surface area (Å²) in [5.74, 6) is 0. The average molecular weight is 339 g/mol. The van der Waals surface area contributed by atoms with E-state index < -0.39 is 15.1 Å². The van der Waals surface area contributed by atoms with E-state index in [1.54, 1.807) is 49.5 Å². The van der Waals surface area contributed by atoms with E-state index in [1.807, 2.05) is 0 Å². The van der Waals surface area contributed by atoms with Gasteiger partial charge in [-0.1, -0.05) is 0 Å². The van der Waals surface area contributed by atoms with Gasteiger partial charge in [0.2, 0.25) is 0 Å². The first-order valence-corrected chi connectivity index (χ1v) is 8.67. The maximum atomic E-state index is 12.1. The lowest BCUT2D eigenvalue weighted by molar-refractivity contribution is 0.108. The second kappa shape index (κ2) is 6.06. The number of hydrogen-bond donors (Lipinski definition) is 0. The largest absolute Gasteiger partial charge is 0.343 e.